The SMILES string of the molecule is CCNC(=NCCNC(C)(C)C)N1CCN(CC(=O)NCCOC)CC1. The van der Waals surface area contributed by atoms with Gasteiger partial charge in [0.25, 0.3) is 0 Å². The van der Waals surface area contributed by atoms with Crippen LogP contribution in [0.1, 0.15) is 27.7 Å². The lowest BCUT2D eigenvalue weighted by Gasteiger charge is -2.36. The Kier molecular flexibility index (Phi) is 10.5. The first-order valence-electron chi connectivity index (χ1n) is 9.62. The number of ether oxygens (including phenoxy) is 1. The van der Waals surface area contributed by atoms with Crippen molar-refractivity contribution < 1.29 is 9.53 Å². The van der Waals surface area contributed by atoms with E-state index in [2.05, 4.69) is 53.4 Å². The molecule has 0 radical (unpaired) electrons. The summed E-state index contributed by atoms with van der Waals surface area (Å²) in [6, 6.07) is 0. The van der Waals surface area contributed by atoms with Crippen LogP contribution in [-0.2, 0) is 9.53 Å². The number of piperazine rings is 1. The maximum absolute atomic E-state index is 11.9. The van der Waals surface area contributed by atoms with Crippen LogP contribution in [0.25, 0.3) is 0 Å². The van der Waals surface area contributed by atoms with Crippen LogP contribution in [-0.4, -0.2) is 99.8 Å². The van der Waals surface area contributed by atoms with Crippen molar-refractivity contribution in [2.24, 2.45) is 4.99 Å². The Bertz CT molecular complexity index is 428. The first kappa shape index (κ1) is 22.7. The van der Waals surface area contributed by atoms with Crippen LogP contribution < -0.4 is 16.0 Å². The van der Waals surface area contributed by atoms with Gasteiger partial charge in [-0.3, -0.25) is 14.7 Å². The Hall–Kier alpha value is -1.38. The molecular weight excluding hydrogens is 332 g/mol. The van der Waals surface area contributed by atoms with Crippen LogP contribution in [0.5, 0.6) is 0 Å². The number of aliphatic imine (C=N–C) groups is 1. The minimum Gasteiger partial charge on any atom is -0.383 e. The average molecular weight is 371 g/mol. The van der Waals surface area contributed by atoms with Gasteiger partial charge in [0.1, 0.15) is 0 Å². The highest BCUT2D eigenvalue weighted by molar-refractivity contribution is 5.80. The molecule has 1 amide bonds. The van der Waals surface area contributed by atoms with Crippen LogP contribution in [0.3, 0.4) is 0 Å². The highest BCUT2D eigenvalue weighted by Gasteiger charge is 2.21. The minimum atomic E-state index is 0.0596. The zero-order valence-electron chi connectivity index (χ0n) is 17.2. The van der Waals surface area contributed by atoms with E-state index in [0.717, 1.165) is 51.8 Å². The van der Waals surface area contributed by atoms with Gasteiger partial charge in [-0.05, 0) is 27.7 Å². The molecule has 1 rings (SSSR count). The molecule has 26 heavy (non-hydrogen) atoms. The van der Waals surface area contributed by atoms with Gasteiger partial charge in [-0.2, -0.15) is 0 Å². The number of nitrogens with one attached hydrogen (secondary N) is 3. The first-order chi connectivity index (χ1) is 12.4. The summed E-state index contributed by atoms with van der Waals surface area (Å²) in [5, 5.41) is 9.70. The van der Waals surface area contributed by atoms with Gasteiger partial charge in [0.2, 0.25) is 5.91 Å². The summed E-state index contributed by atoms with van der Waals surface area (Å²) >= 11 is 0. The van der Waals surface area contributed by atoms with E-state index in [4.69, 9.17) is 9.73 Å². The predicted molar refractivity (Wildman–Crippen MR) is 107 cm³/mol. The number of guanidine groups is 1. The highest BCUT2D eigenvalue weighted by Crippen LogP contribution is 2.02. The average Bonchev–Trinajstić information content (AvgIpc) is 2.58. The van der Waals surface area contributed by atoms with Crippen molar-refractivity contribution in [2.75, 3.05) is 72.6 Å². The maximum Gasteiger partial charge on any atom is 0.234 e. The highest BCUT2D eigenvalue weighted by atomic mass is 16.5. The zero-order chi connectivity index (χ0) is 19.4. The number of carbonyl (C=O) groups excluding carboxylic acids is 1. The fourth-order valence-electron chi connectivity index (χ4n) is 2.69. The molecular formula is C18H38N6O2. The van der Waals surface area contributed by atoms with Gasteiger partial charge in [-0.25, -0.2) is 0 Å². The van der Waals surface area contributed by atoms with Crippen LogP contribution in [0.4, 0.5) is 0 Å². The second kappa shape index (κ2) is 12.1. The van der Waals surface area contributed by atoms with Crippen molar-refractivity contribution in [1.82, 2.24) is 25.8 Å². The number of amides is 1. The topological polar surface area (TPSA) is 81.2 Å². The third-order valence-electron chi connectivity index (χ3n) is 4.03. The molecule has 1 heterocycles. The van der Waals surface area contributed by atoms with Gasteiger partial charge in [0, 0.05) is 58.5 Å². The van der Waals surface area contributed by atoms with Gasteiger partial charge in [-0.1, -0.05) is 0 Å². The molecule has 0 aromatic rings. The molecule has 0 unspecified atom stereocenters. The normalized spacial score (nSPS) is 16.7. The van der Waals surface area contributed by atoms with Gasteiger partial charge in [0.15, 0.2) is 5.96 Å². The van der Waals surface area contributed by atoms with Crippen LogP contribution >= 0.6 is 0 Å². The molecule has 0 spiro atoms. The fourth-order valence-corrected chi connectivity index (χ4v) is 2.69. The molecule has 8 heteroatoms. The monoisotopic (exact) mass is 370 g/mol. The molecule has 0 aliphatic carbocycles. The van der Waals surface area contributed by atoms with E-state index < -0.39 is 0 Å². The van der Waals surface area contributed by atoms with Crippen molar-refractivity contribution in [3.63, 3.8) is 0 Å². The van der Waals surface area contributed by atoms with Crippen molar-refractivity contribution >= 4 is 11.9 Å². The summed E-state index contributed by atoms with van der Waals surface area (Å²) in [6.45, 7) is 16.1. The Labute approximate surface area is 158 Å². The Morgan fingerprint density at radius 1 is 1.12 bits per heavy atom. The van der Waals surface area contributed by atoms with Crippen LogP contribution in [0.2, 0.25) is 0 Å². The molecule has 3 N–H and O–H groups in total. The molecule has 8 nitrogen and oxygen atoms in total. The number of hydrogen-bond donors (Lipinski definition) is 3. The minimum absolute atomic E-state index is 0.0596. The second-order valence-corrected chi connectivity index (χ2v) is 7.52. The third kappa shape index (κ3) is 9.94. The summed E-state index contributed by atoms with van der Waals surface area (Å²) in [5.41, 5.74) is 0.114. The molecule has 1 saturated heterocycles. The summed E-state index contributed by atoms with van der Waals surface area (Å²) in [6.07, 6.45) is 0. The lowest BCUT2D eigenvalue weighted by molar-refractivity contribution is -0.122. The Morgan fingerprint density at radius 3 is 2.38 bits per heavy atom. The second-order valence-electron chi connectivity index (χ2n) is 7.52. The molecule has 0 bridgehead atoms. The lowest BCUT2D eigenvalue weighted by Crippen LogP contribution is -2.54. The summed E-state index contributed by atoms with van der Waals surface area (Å²) in [5.74, 6) is 1.02. The standard InChI is InChI=1S/C18H38N6O2/c1-6-19-17(21-7-8-22-18(2,3)4)24-12-10-23(11-13-24)15-16(25)20-9-14-26-5/h22H,6-15H2,1-5H3,(H,19,21)(H,20,25). The largest absolute Gasteiger partial charge is 0.383 e. The maximum atomic E-state index is 11.9. The van der Waals surface area contributed by atoms with Crippen molar-refractivity contribution in [3.8, 4) is 0 Å². The van der Waals surface area contributed by atoms with E-state index in [1.54, 1.807) is 7.11 Å². The van der Waals surface area contributed by atoms with Crippen LogP contribution in [0.15, 0.2) is 4.99 Å². The quantitative estimate of drug-likeness (QED) is 0.294. The molecule has 1 fully saturated rings. The Balaban J connectivity index is 2.38. The van der Waals surface area contributed by atoms with Gasteiger partial charge < -0.3 is 25.6 Å². The summed E-state index contributed by atoms with van der Waals surface area (Å²) in [4.78, 5) is 21.1. The van der Waals surface area contributed by atoms with Gasteiger partial charge >= 0.3 is 0 Å². The van der Waals surface area contributed by atoms with E-state index in [0.29, 0.717) is 19.7 Å². The van der Waals surface area contributed by atoms with Crippen LogP contribution in [0, 0.1) is 0 Å². The van der Waals surface area contributed by atoms with Gasteiger partial charge in [-0.15, -0.1) is 0 Å². The van der Waals surface area contributed by atoms with E-state index in [9.17, 15) is 4.79 Å². The molecule has 0 aromatic heterocycles. The summed E-state index contributed by atoms with van der Waals surface area (Å²) < 4.78 is 4.94. The number of methoxy groups -OCH3 is 1. The number of rotatable bonds is 9. The molecule has 152 valence electrons. The Morgan fingerprint density at radius 2 is 1.81 bits per heavy atom. The fraction of sp³-hybridized carbons (Fsp3) is 0.889. The molecule has 1 aliphatic rings. The molecule has 0 saturated carbocycles. The number of nitrogens with zero attached hydrogens (tertiary/aromatic N) is 3. The van der Waals surface area contributed by atoms with E-state index >= 15 is 0 Å². The molecule has 0 atom stereocenters. The van der Waals surface area contributed by atoms with Crippen molar-refractivity contribution in [1.29, 1.82) is 0 Å². The molecule has 0 aromatic carbocycles. The smallest absolute Gasteiger partial charge is 0.234 e. The van der Waals surface area contributed by atoms with Gasteiger partial charge in [0.05, 0.1) is 19.7 Å². The number of hydrogen-bond acceptors (Lipinski definition) is 5. The third-order valence-corrected chi connectivity index (χ3v) is 4.03. The lowest BCUT2D eigenvalue weighted by atomic mass is 10.1. The summed E-state index contributed by atoms with van der Waals surface area (Å²) in [7, 11) is 1.63. The van der Waals surface area contributed by atoms with Crippen molar-refractivity contribution in [3.05, 3.63) is 0 Å². The van der Waals surface area contributed by atoms with Crippen molar-refractivity contribution in [2.45, 2.75) is 33.2 Å². The number of carbonyl (C=O) groups is 1. The zero-order valence-corrected chi connectivity index (χ0v) is 17.2. The molecule has 1 aliphatic heterocycles. The van der Waals surface area contributed by atoms with E-state index in [-0.39, 0.29) is 11.4 Å². The predicted octanol–water partition coefficient (Wildman–Crippen LogP) is -0.280. The first-order valence-corrected chi connectivity index (χ1v) is 9.62. The van der Waals surface area contributed by atoms with E-state index in [1.807, 2.05) is 0 Å². The van der Waals surface area contributed by atoms with E-state index in [1.165, 1.54) is 0 Å².